The first-order chi connectivity index (χ1) is 9.88. The molecule has 0 amide bonds. The van der Waals surface area contributed by atoms with Crippen LogP contribution in [0, 0.1) is 6.92 Å². The standard InChI is InChI=1S/C18H30N2S/c1-13(19-12-11-15-9-7-6-8-10-15)16-14(2)20-17(21-16)18(3,4)5/h9,13,19H,6-8,10-12H2,1-5H3. The first-order valence-corrected chi connectivity index (χ1v) is 9.08. The molecule has 21 heavy (non-hydrogen) atoms. The van der Waals surface area contributed by atoms with Crippen LogP contribution in [-0.2, 0) is 5.41 Å². The second-order valence-corrected chi connectivity index (χ2v) is 8.28. The molecule has 0 bridgehead atoms. The van der Waals surface area contributed by atoms with Gasteiger partial charge in [-0.3, -0.25) is 0 Å². The molecule has 1 N–H and O–H groups in total. The van der Waals surface area contributed by atoms with Gasteiger partial charge in [0.05, 0.1) is 10.7 Å². The molecule has 1 atom stereocenters. The maximum atomic E-state index is 4.77. The van der Waals surface area contributed by atoms with Gasteiger partial charge in [0.15, 0.2) is 0 Å². The normalized spacial score (nSPS) is 17.7. The molecule has 1 unspecified atom stereocenters. The molecule has 2 rings (SSSR count). The molecule has 2 nitrogen and oxygen atoms in total. The largest absolute Gasteiger partial charge is 0.309 e. The lowest BCUT2D eigenvalue weighted by Gasteiger charge is -2.16. The van der Waals surface area contributed by atoms with Crippen LogP contribution in [0.5, 0.6) is 0 Å². The van der Waals surface area contributed by atoms with Crippen molar-refractivity contribution in [2.24, 2.45) is 0 Å². The number of nitrogens with one attached hydrogen (secondary N) is 1. The quantitative estimate of drug-likeness (QED) is 0.748. The SMILES string of the molecule is Cc1nc(C(C)(C)C)sc1C(C)NCCC1=CCCCC1. The van der Waals surface area contributed by atoms with E-state index in [1.165, 1.54) is 47.7 Å². The first kappa shape index (κ1) is 16.7. The highest BCUT2D eigenvalue weighted by molar-refractivity contribution is 7.12. The minimum Gasteiger partial charge on any atom is -0.309 e. The highest BCUT2D eigenvalue weighted by Crippen LogP contribution is 2.32. The van der Waals surface area contributed by atoms with Crippen LogP contribution >= 0.6 is 11.3 Å². The van der Waals surface area contributed by atoms with Crippen molar-refractivity contribution in [3.05, 3.63) is 27.2 Å². The zero-order valence-electron chi connectivity index (χ0n) is 14.3. The van der Waals surface area contributed by atoms with E-state index in [4.69, 9.17) is 4.98 Å². The molecule has 0 radical (unpaired) electrons. The van der Waals surface area contributed by atoms with Crippen molar-refractivity contribution in [3.8, 4) is 0 Å². The molecule has 0 saturated heterocycles. The highest BCUT2D eigenvalue weighted by Gasteiger charge is 2.22. The smallest absolute Gasteiger partial charge is 0.0985 e. The Bertz CT molecular complexity index is 494. The number of aryl methyl sites for hydroxylation is 1. The number of hydrogen-bond acceptors (Lipinski definition) is 3. The van der Waals surface area contributed by atoms with Gasteiger partial charge in [-0.15, -0.1) is 11.3 Å². The molecule has 118 valence electrons. The molecule has 1 aromatic rings. The summed E-state index contributed by atoms with van der Waals surface area (Å²) in [5.41, 5.74) is 3.00. The van der Waals surface area contributed by atoms with Crippen LogP contribution in [0.4, 0.5) is 0 Å². The topological polar surface area (TPSA) is 24.9 Å². The molecule has 1 aliphatic rings. The summed E-state index contributed by atoms with van der Waals surface area (Å²) in [6.07, 6.45) is 9.00. The zero-order valence-corrected chi connectivity index (χ0v) is 15.1. The van der Waals surface area contributed by atoms with Gasteiger partial charge in [-0.25, -0.2) is 4.98 Å². The lowest BCUT2D eigenvalue weighted by molar-refractivity contribution is 0.565. The van der Waals surface area contributed by atoms with E-state index in [1.807, 2.05) is 11.3 Å². The van der Waals surface area contributed by atoms with Crippen LogP contribution in [0.15, 0.2) is 11.6 Å². The van der Waals surface area contributed by atoms with Gasteiger partial charge in [-0.1, -0.05) is 32.4 Å². The van der Waals surface area contributed by atoms with Crippen LogP contribution < -0.4 is 5.32 Å². The Morgan fingerprint density at radius 1 is 1.33 bits per heavy atom. The highest BCUT2D eigenvalue weighted by atomic mass is 32.1. The van der Waals surface area contributed by atoms with Crippen molar-refractivity contribution in [2.75, 3.05) is 6.54 Å². The lowest BCUT2D eigenvalue weighted by atomic mass is 9.97. The number of allylic oxidation sites excluding steroid dienone is 1. The lowest BCUT2D eigenvalue weighted by Crippen LogP contribution is -2.20. The average Bonchev–Trinajstić information content (AvgIpc) is 2.82. The summed E-state index contributed by atoms with van der Waals surface area (Å²) in [4.78, 5) is 6.17. The second-order valence-electron chi connectivity index (χ2n) is 7.25. The molecule has 0 aliphatic heterocycles. The number of hydrogen-bond donors (Lipinski definition) is 1. The Morgan fingerprint density at radius 2 is 2.10 bits per heavy atom. The van der Waals surface area contributed by atoms with Crippen molar-refractivity contribution < 1.29 is 0 Å². The fourth-order valence-corrected chi connectivity index (χ4v) is 3.95. The van der Waals surface area contributed by atoms with Gasteiger partial charge in [0.2, 0.25) is 0 Å². The Hall–Kier alpha value is -0.670. The summed E-state index contributed by atoms with van der Waals surface area (Å²) in [6, 6.07) is 0.405. The molecule has 1 heterocycles. The van der Waals surface area contributed by atoms with Gasteiger partial charge in [0.1, 0.15) is 0 Å². The fraction of sp³-hybridized carbons (Fsp3) is 0.722. The van der Waals surface area contributed by atoms with Crippen LogP contribution in [0.25, 0.3) is 0 Å². The number of rotatable bonds is 5. The minimum atomic E-state index is 0.153. The van der Waals surface area contributed by atoms with E-state index in [-0.39, 0.29) is 5.41 Å². The molecule has 0 saturated carbocycles. The Labute approximate surface area is 134 Å². The van der Waals surface area contributed by atoms with Crippen LogP contribution in [0.2, 0.25) is 0 Å². The van der Waals surface area contributed by atoms with E-state index in [0.717, 1.165) is 6.54 Å². The average molecular weight is 307 g/mol. The van der Waals surface area contributed by atoms with Crippen molar-refractivity contribution in [3.63, 3.8) is 0 Å². The second kappa shape index (κ2) is 7.06. The predicted octanol–water partition coefficient (Wildman–Crippen LogP) is 5.29. The summed E-state index contributed by atoms with van der Waals surface area (Å²) in [5.74, 6) is 0. The third-order valence-corrected chi connectivity index (χ3v) is 5.91. The van der Waals surface area contributed by atoms with Gasteiger partial charge in [-0.05, 0) is 52.5 Å². The molecule has 3 heteroatoms. The summed E-state index contributed by atoms with van der Waals surface area (Å²) < 4.78 is 0. The van der Waals surface area contributed by atoms with Gasteiger partial charge < -0.3 is 5.32 Å². The molecule has 1 aromatic heterocycles. The summed E-state index contributed by atoms with van der Waals surface area (Å²) in [6.45, 7) is 12.2. The zero-order chi connectivity index (χ0) is 15.5. The van der Waals surface area contributed by atoms with E-state index in [1.54, 1.807) is 5.57 Å². The molecular weight excluding hydrogens is 276 g/mol. The number of nitrogens with zero attached hydrogens (tertiary/aromatic N) is 1. The van der Waals surface area contributed by atoms with Crippen LogP contribution in [0.1, 0.15) is 81.4 Å². The molecule has 0 aromatic carbocycles. The summed E-state index contributed by atoms with van der Waals surface area (Å²) >= 11 is 1.87. The van der Waals surface area contributed by atoms with E-state index >= 15 is 0 Å². The summed E-state index contributed by atoms with van der Waals surface area (Å²) in [7, 11) is 0. The van der Waals surface area contributed by atoms with Crippen molar-refractivity contribution >= 4 is 11.3 Å². The van der Waals surface area contributed by atoms with E-state index in [9.17, 15) is 0 Å². The van der Waals surface area contributed by atoms with E-state index in [2.05, 4.69) is 46.0 Å². The predicted molar refractivity (Wildman–Crippen MR) is 93.1 cm³/mol. The molecule has 1 aliphatic carbocycles. The Kier molecular flexibility index (Phi) is 5.61. The Balaban J connectivity index is 1.89. The Morgan fingerprint density at radius 3 is 2.67 bits per heavy atom. The van der Waals surface area contributed by atoms with Gasteiger partial charge in [0.25, 0.3) is 0 Å². The van der Waals surface area contributed by atoms with Crippen molar-refractivity contribution in [1.82, 2.24) is 10.3 Å². The molecule has 0 fully saturated rings. The number of thiazole rings is 1. The molecule has 0 spiro atoms. The van der Waals surface area contributed by atoms with Gasteiger partial charge in [0, 0.05) is 16.3 Å². The van der Waals surface area contributed by atoms with E-state index < -0.39 is 0 Å². The van der Waals surface area contributed by atoms with Crippen LogP contribution in [-0.4, -0.2) is 11.5 Å². The monoisotopic (exact) mass is 306 g/mol. The first-order valence-electron chi connectivity index (χ1n) is 8.27. The third kappa shape index (κ3) is 4.65. The van der Waals surface area contributed by atoms with Crippen LogP contribution in [0.3, 0.4) is 0 Å². The molecular formula is C18H30N2S. The van der Waals surface area contributed by atoms with Gasteiger partial charge in [-0.2, -0.15) is 0 Å². The van der Waals surface area contributed by atoms with E-state index in [0.29, 0.717) is 6.04 Å². The van der Waals surface area contributed by atoms with Crippen molar-refractivity contribution in [2.45, 2.75) is 78.2 Å². The maximum absolute atomic E-state index is 4.77. The van der Waals surface area contributed by atoms with Gasteiger partial charge >= 0.3 is 0 Å². The minimum absolute atomic E-state index is 0.153. The fourth-order valence-electron chi connectivity index (χ4n) is 2.80. The third-order valence-electron chi connectivity index (χ3n) is 4.15. The number of aromatic nitrogens is 1. The maximum Gasteiger partial charge on any atom is 0.0985 e. The summed E-state index contributed by atoms with van der Waals surface area (Å²) in [5, 5.41) is 4.93. The van der Waals surface area contributed by atoms with Crippen molar-refractivity contribution in [1.29, 1.82) is 0 Å².